The molecule has 1 aliphatic rings. The molecule has 0 aromatic heterocycles. The van der Waals surface area contributed by atoms with Gasteiger partial charge in [0.25, 0.3) is 3.79 Å². The van der Waals surface area contributed by atoms with E-state index in [2.05, 4.69) is 15.9 Å². The predicted octanol–water partition coefficient (Wildman–Crippen LogP) is 3.38. The van der Waals surface area contributed by atoms with Crippen molar-refractivity contribution in [3.05, 3.63) is 10.6 Å². The highest BCUT2D eigenvalue weighted by Gasteiger charge is 2.37. The molecule has 0 unspecified atom stereocenters. The van der Waals surface area contributed by atoms with Crippen molar-refractivity contribution in [2.24, 2.45) is 0 Å². The van der Waals surface area contributed by atoms with Crippen LogP contribution in [-0.2, 0) is 23.7 Å². The summed E-state index contributed by atoms with van der Waals surface area (Å²) in [5.41, 5.74) is 0. The van der Waals surface area contributed by atoms with Crippen molar-refractivity contribution < 1.29 is 23.7 Å². The minimum absolute atomic E-state index is 0.0948. The fraction of sp³-hybridized carbons (Fsp3) is 0.750. The molecule has 0 saturated heterocycles. The number of alkyl halides is 3. The van der Waals surface area contributed by atoms with Gasteiger partial charge >= 0.3 is 0 Å². The van der Waals surface area contributed by atoms with Crippen molar-refractivity contribution in [1.29, 1.82) is 5.41 Å². The molecular weight excluding hydrogens is 424 g/mol. The first kappa shape index (κ1) is 20.4. The van der Waals surface area contributed by atoms with Crippen molar-refractivity contribution in [3.63, 3.8) is 0 Å². The Hall–Kier alpha value is 0.400. The van der Waals surface area contributed by atoms with Crippen molar-refractivity contribution in [3.8, 4) is 0 Å². The summed E-state index contributed by atoms with van der Waals surface area (Å²) in [5, 5.41) is 7.65. The highest BCUT2D eigenvalue weighted by molar-refractivity contribution is 9.11. The molecule has 0 bridgehead atoms. The molecule has 0 spiro atoms. The van der Waals surface area contributed by atoms with Gasteiger partial charge in [-0.15, -0.1) is 0 Å². The van der Waals surface area contributed by atoms with Crippen LogP contribution in [0.2, 0.25) is 0 Å². The molecule has 22 heavy (non-hydrogen) atoms. The first-order chi connectivity index (χ1) is 10.3. The lowest BCUT2D eigenvalue weighted by Gasteiger charge is -2.34. The lowest BCUT2D eigenvalue weighted by Crippen LogP contribution is -2.41. The number of methoxy groups -OCH3 is 2. The summed E-state index contributed by atoms with van der Waals surface area (Å²) in [7, 11) is 3.05. The summed E-state index contributed by atoms with van der Waals surface area (Å²) in [5.74, 6) is -0.463. The van der Waals surface area contributed by atoms with Gasteiger partial charge in [-0.05, 0) is 6.08 Å². The van der Waals surface area contributed by atoms with Gasteiger partial charge in [-0.2, -0.15) is 0 Å². The van der Waals surface area contributed by atoms with E-state index in [1.807, 2.05) is 0 Å². The number of halogens is 4. The van der Waals surface area contributed by atoms with Crippen molar-refractivity contribution in [2.75, 3.05) is 27.8 Å². The maximum absolute atomic E-state index is 7.65. The zero-order valence-electron chi connectivity index (χ0n) is 12.0. The molecule has 0 aliphatic heterocycles. The van der Waals surface area contributed by atoms with E-state index < -0.39 is 15.8 Å². The minimum atomic E-state index is -1.92. The molecule has 10 heteroatoms. The van der Waals surface area contributed by atoms with Crippen LogP contribution >= 0.6 is 50.7 Å². The third kappa shape index (κ3) is 6.49. The molecule has 0 heterocycles. The van der Waals surface area contributed by atoms with E-state index >= 15 is 0 Å². The molecule has 1 aliphatic carbocycles. The fourth-order valence-electron chi connectivity index (χ4n) is 1.76. The third-order valence-electron chi connectivity index (χ3n) is 2.74. The first-order valence-corrected chi connectivity index (χ1v) is 8.13. The van der Waals surface area contributed by atoms with Crippen molar-refractivity contribution in [2.45, 2.75) is 28.5 Å². The van der Waals surface area contributed by atoms with Crippen molar-refractivity contribution >= 4 is 56.6 Å². The van der Waals surface area contributed by atoms with E-state index in [0.29, 0.717) is 10.9 Å². The lowest BCUT2D eigenvalue weighted by molar-refractivity contribution is -0.152. The quantitative estimate of drug-likeness (QED) is 0.284. The summed E-state index contributed by atoms with van der Waals surface area (Å²) in [6.45, 7) is 0.210. The summed E-state index contributed by atoms with van der Waals surface area (Å²) in [4.78, 5) is 0. The van der Waals surface area contributed by atoms with E-state index in [4.69, 9.17) is 63.9 Å². The average molecular weight is 442 g/mol. The number of ether oxygens (including phenoxy) is 5. The van der Waals surface area contributed by atoms with Gasteiger partial charge in [-0.3, -0.25) is 5.41 Å². The highest BCUT2D eigenvalue weighted by Crippen LogP contribution is 2.34. The van der Waals surface area contributed by atoms with Gasteiger partial charge in [0.2, 0.25) is 5.90 Å². The topological polar surface area (TPSA) is 70.0 Å². The number of hydrogen-bond acceptors (Lipinski definition) is 6. The second-order valence-electron chi connectivity index (χ2n) is 4.37. The number of nitrogens with one attached hydrogen (secondary N) is 1. The Morgan fingerprint density at radius 3 is 2.41 bits per heavy atom. The zero-order chi connectivity index (χ0) is 16.8. The molecular formula is C12H17BrCl3NO5. The Morgan fingerprint density at radius 2 is 1.86 bits per heavy atom. The zero-order valence-corrected chi connectivity index (χ0v) is 15.8. The SMILES string of the molecule is COCO[C@H]1C[C@H](OC(=N)C(Cl)(Cl)Cl)C(Br)=C[C@H]1OCOC. The molecule has 0 fully saturated rings. The summed E-state index contributed by atoms with van der Waals surface area (Å²) < 4.78 is 25.1. The van der Waals surface area contributed by atoms with Crippen molar-refractivity contribution in [1.82, 2.24) is 0 Å². The number of hydrogen-bond donors (Lipinski definition) is 1. The van der Waals surface area contributed by atoms with Crippen LogP contribution in [0.25, 0.3) is 0 Å². The molecule has 0 aromatic rings. The first-order valence-electron chi connectivity index (χ1n) is 6.20. The third-order valence-corrected chi connectivity index (χ3v) is 4.03. The van der Waals surface area contributed by atoms with Crippen LogP contribution in [0.4, 0.5) is 0 Å². The van der Waals surface area contributed by atoms with Gasteiger partial charge in [-0.1, -0.05) is 50.7 Å². The van der Waals surface area contributed by atoms with Gasteiger partial charge in [0, 0.05) is 25.1 Å². The monoisotopic (exact) mass is 439 g/mol. The largest absolute Gasteiger partial charge is 0.469 e. The van der Waals surface area contributed by atoms with E-state index in [0.717, 1.165) is 0 Å². The van der Waals surface area contributed by atoms with E-state index in [9.17, 15) is 0 Å². The second kappa shape index (κ2) is 9.64. The maximum atomic E-state index is 7.65. The maximum Gasteiger partial charge on any atom is 0.265 e. The summed E-state index contributed by atoms with van der Waals surface area (Å²) >= 11 is 20.2. The van der Waals surface area contributed by atoms with E-state index in [1.165, 1.54) is 14.2 Å². The fourth-order valence-corrected chi connectivity index (χ4v) is 2.44. The van der Waals surface area contributed by atoms with Crippen LogP contribution in [0.15, 0.2) is 10.6 Å². The average Bonchev–Trinajstić information content (AvgIpc) is 2.44. The molecule has 128 valence electrons. The van der Waals surface area contributed by atoms with Crippen LogP contribution in [0.3, 0.4) is 0 Å². The molecule has 3 atom stereocenters. The molecule has 0 saturated carbocycles. The predicted molar refractivity (Wildman–Crippen MR) is 88.0 cm³/mol. The Labute approximate surface area is 152 Å². The van der Waals surface area contributed by atoms with Gasteiger partial charge in [-0.25, -0.2) is 0 Å². The van der Waals surface area contributed by atoms with Crippen LogP contribution in [-0.4, -0.2) is 55.8 Å². The minimum Gasteiger partial charge on any atom is -0.469 e. The van der Waals surface area contributed by atoms with E-state index in [-0.39, 0.29) is 25.8 Å². The summed E-state index contributed by atoms with van der Waals surface area (Å²) in [6.07, 6.45) is 0.917. The highest BCUT2D eigenvalue weighted by atomic mass is 79.9. The molecule has 0 aromatic carbocycles. The smallest absolute Gasteiger partial charge is 0.265 e. The molecule has 1 rings (SSSR count). The van der Waals surface area contributed by atoms with E-state index in [1.54, 1.807) is 6.08 Å². The van der Waals surface area contributed by atoms with Gasteiger partial charge < -0.3 is 23.7 Å². The Bertz CT molecular complexity index is 405. The van der Waals surface area contributed by atoms with Gasteiger partial charge in [0.15, 0.2) is 0 Å². The van der Waals surface area contributed by atoms with Crippen LogP contribution in [0.5, 0.6) is 0 Å². The lowest BCUT2D eigenvalue weighted by atomic mass is 9.99. The molecule has 1 N–H and O–H groups in total. The number of rotatable bonds is 7. The molecule has 0 radical (unpaired) electrons. The Morgan fingerprint density at radius 1 is 1.27 bits per heavy atom. The van der Waals surface area contributed by atoms with Crippen LogP contribution in [0, 0.1) is 5.41 Å². The second-order valence-corrected chi connectivity index (χ2v) is 7.57. The normalized spacial score (nSPS) is 25.7. The molecule has 6 nitrogen and oxygen atoms in total. The molecule has 0 amide bonds. The van der Waals surface area contributed by atoms with Crippen LogP contribution in [0.1, 0.15) is 6.42 Å². The Balaban J connectivity index is 2.78. The van der Waals surface area contributed by atoms with Crippen LogP contribution < -0.4 is 0 Å². The van der Waals surface area contributed by atoms with Gasteiger partial charge in [0.1, 0.15) is 25.8 Å². The summed E-state index contributed by atoms with van der Waals surface area (Å²) in [6, 6.07) is 0. The Kier molecular flexibility index (Phi) is 8.96. The standard InChI is InChI=1S/C12H17BrCl3NO5/c1-18-5-20-9-3-7(13)8(4-10(9)21-6-19-2)22-11(17)12(14,15)16/h3,8-10,17H,4-6H2,1-2H3/t8-,9+,10-/m0/s1. The van der Waals surface area contributed by atoms with Gasteiger partial charge in [0.05, 0.1) is 6.10 Å².